The zero-order valence-corrected chi connectivity index (χ0v) is 15.6. The van der Waals surface area contributed by atoms with E-state index < -0.39 is 23.4 Å². The highest BCUT2D eigenvalue weighted by molar-refractivity contribution is 7.99. The van der Waals surface area contributed by atoms with Gasteiger partial charge >= 0.3 is 5.97 Å². The van der Waals surface area contributed by atoms with Crippen LogP contribution in [0.3, 0.4) is 0 Å². The van der Waals surface area contributed by atoms with Gasteiger partial charge < -0.3 is 9.64 Å². The molecule has 0 aliphatic heterocycles. The van der Waals surface area contributed by atoms with Gasteiger partial charge in [0.05, 0.1) is 15.4 Å². The van der Waals surface area contributed by atoms with E-state index in [2.05, 4.69) is 28.3 Å². The molecule has 0 saturated heterocycles. The van der Waals surface area contributed by atoms with Gasteiger partial charge in [0.15, 0.2) is 11.8 Å². The number of hydrogen-bond acceptors (Lipinski definition) is 8. The molecule has 0 aliphatic rings. The number of ether oxygens (including phenoxy) is 1. The normalized spacial score (nSPS) is 10.1. The number of aromatic nitrogens is 3. The molecule has 0 atom stereocenters. The second kappa shape index (κ2) is 10.0. The van der Waals surface area contributed by atoms with E-state index in [4.69, 9.17) is 4.74 Å². The van der Waals surface area contributed by atoms with Crippen molar-refractivity contribution in [3.63, 3.8) is 0 Å². The smallest absolute Gasteiger partial charge is 0.338 e. The van der Waals surface area contributed by atoms with Crippen molar-refractivity contribution in [3.05, 3.63) is 65.5 Å². The third-order valence-corrected chi connectivity index (χ3v) is 4.32. The van der Waals surface area contributed by atoms with E-state index in [1.807, 2.05) is 0 Å². The second-order valence-electron chi connectivity index (χ2n) is 5.28. The summed E-state index contributed by atoms with van der Waals surface area (Å²) in [5, 5.41) is 18.0. The van der Waals surface area contributed by atoms with Crippen LogP contribution in [0.25, 0.3) is 0 Å². The third-order valence-electron chi connectivity index (χ3n) is 3.37. The van der Waals surface area contributed by atoms with Crippen LogP contribution in [0, 0.1) is 10.1 Å². The maximum absolute atomic E-state index is 12.2. The summed E-state index contributed by atoms with van der Waals surface area (Å²) in [6, 6.07) is 3.88. The van der Waals surface area contributed by atoms with Gasteiger partial charge in [-0.25, -0.2) is 9.78 Å². The molecule has 2 rings (SSSR count). The molecule has 11 heteroatoms. The minimum Gasteiger partial charge on any atom is -0.452 e. The van der Waals surface area contributed by atoms with Crippen molar-refractivity contribution in [3.8, 4) is 0 Å². The fourth-order valence-electron chi connectivity index (χ4n) is 2.11. The Labute approximate surface area is 164 Å². The summed E-state index contributed by atoms with van der Waals surface area (Å²) in [6.07, 6.45) is 4.36. The number of nitrogens with zero attached hydrogens (tertiary/aromatic N) is 4. The van der Waals surface area contributed by atoms with Crippen molar-refractivity contribution in [1.29, 1.82) is 0 Å². The van der Waals surface area contributed by atoms with E-state index in [-0.39, 0.29) is 29.2 Å². The number of hydrogen-bond donors (Lipinski definition) is 1. The molecule has 0 bridgehead atoms. The van der Waals surface area contributed by atoms with Crippen LogP contribution in [0.1, 0.15) is 10.4 Å². The Morgan fingerprint density at radius 3 is 2.61 bits per heavy atom. The van der Waals surface area contributed by atoms with Crippen LogP contribution in [0.2, 0.25) is 0 Å². The number of esters is 1. The number of nitro groups is 1. The first-order valence-electron chi connectivity index (χ1n) is 7.94. The van der Waals surface area contributed by atoms with Crippen LogP contribution < -0.4 is 0 Å². The molecule has 1 amide bonds. The third kappa shape index (κ3) is 5.51. The van der Waals surface area contributed by atoms with Crippen molar-refractivity contribution < 1.29 is 19.2 Å². The molecule has 0 fully saturated rings. The largest absolute Gasteiger partial charge is 0.452 e. The van der Waals surface area contributed by atoms with Crippen LogP contribution in [0.4, 0.5) is 5.69 Å². The lowest BCUT2D eigenvalue weighted by atomic mass is 10.2. The fourth-order valence-corrected chi connectivity index (χ4v) is 2.89. The summed E-state index contributed by atoms with van der Waals surface area (Å²) >= 11 is 1.00. The Balaban J connectivity index is 2.09. The first-order valence-corrected chi connectivity index (χ1v) is 8.76. The standard InChI is InChI=1S/C17H17N5O5S/c1-3-7-21(8-4-2)15(23)10-27-16(24)12-5-6-14(13(9-12)22(25)26)28-17-18-11-19-20-17/h3-6,9,11H,1-2,7-8,10H2,(H,18,19,20). The number of nitro benzene ring substituents is 1. The molecular weight excluding hydrogens is 386 g/mol. The summed E-state index contributed by atoms with van der Waals surface area (Å²) in [7, 11) is 0. The predicted octanol–water partition coefficient (Wildman–Crippen LogP) is 2.22. The lowest BCUT2D eigenvalue weighted by molar-refractivity contribution is -0.387. The lowest BCUT2D eigenvalue weighted by Gasteiger charge is -2.18. The maximum atomic E-state index is 12.2. The number of nitrogens with one attached hydrogen (secondary N) is 1. The van der Waals surface area contributed by atoms with Crippen LogP contribution in [0.15, 0.2) is 59.9 Å². The summed E-state index contributed by atoms with van der Waals surface area (Å²) < 4.78 is 4.99. The second-order valence-corrected chi connectivity index (χ2v) is 6.32. The van der Waals surface area contributed by atoms with E-state index in [1.54, 1.807) is 0 Å². The zero-order chi connectivity index (χ0) is 20.5. The van der Waals surface area contributed by atoms with Crippen molar-refractivity contribution in [2.75, 3.05) is 19.7 Å². The fraction of sp³-hybridized carbons (Fsp3) is 0.176. The van der Waals surface area contributed by atoms with Gasteiger partial charge in [-0.3, -0.25) is 20.0 Å². The van der Waals surface area contributed by atoms with Gasteiger partial charge in [-0.15, -0.1) is 13.2 Å². The Kier molecular flexibility index (Phi) is 7.45. The van der Waals surface area contributed by atoms with Crippen LogP contribution in [-0.2, 0) is 9.53 Å². The molecule has 0 aliphatic carbocycles. The zero-order valence-electron chi connectivity index (χ0n) is 14.7. The molecule has 0 unspecified atom stereocenters. The highest BCUT2D eigenvalue weighted by Crippen LogP contribution is 2.33. The number of aromatic amines is 1. The first-order chi connectivity index (χ1) is 13.5. The van der Waals surface area contributed by atoms with Gasteiger partial charge in [0.2, 0.25) is 0 Å². The summed E-state index contributed by atoms with van der Waals surface area (Å²) in [4.78, 5) is 40.6. The monoisotopic (exact) mass is 403 g/mol. The van der Waals surface area contributed by atoms with Crippen LogP contribution in [0.5, 0.6) is 0 Å². The highest BCUT2D eigenvalue weighted by atomic mass is 32.2. The topological polar surface area (TPSA) is 131 Å². The van der Waals surface area contributed by atoms with Crippen LogP contribution >= 0.6 is 11.8 Å². The number of benzene rings is 1. The summed E-state index contributed by atoms with van der Waals surface area (Å²) in [6.45, 7) is 7.17. The van der Waals surface area contributed by atoms with Gasteiger partial charge in [0.25, 0.3) is 11.6 Å². The van der Waals surface area contributed by atoms with Crippen molar-refractivity contribution in [2.45, 2.75) is 10.1 Å². The molecule has 10 nitrogen and oxygen atoms in total. The highest BCUT2D eigenvalue weighted by Gasteiger charge is 2.21. The molecule has 0 spiro atoms. The Bertz CT molecular complexity index is 874. The number of rotatable bonds is 10. The molecule has 1 aromatic carbocycles. The van der Waals surface area contributed by atoms with E-state index in [9.17, 15) is 19.7 Å². The quantitative estimate of drug-likeness (QED) is 0.276. The summed E-state index contributed by atoms with van der Waals surface area (Å²) in [5.41, 5.74) is -0.331. The number of carbonyl (C=O) groups is 2. The van der Waals surface area contributed by atoms with Crippen molar-refractivity contribution >= 4 is 29.3 Å². The van der Waals surface area contributed by atoms with Gasteiger partial charge in [-0.1, -0.05) is 12.2 Å². The Hall–Kier alpha value is -3.47. The molecule has 0 radical (unpaired) electrons. The van der Waals surface area contributed by atoms with Gasteiger partial charge in [0, 0.05) is 19.2 Å². The molecule has 1 heterocycles. The molecule has 1 N–H and O–H groups in total. The first kappa shape index (κ1) is 20.8. The SMILES string of the molecule is C=CCN(CC=C)C(=O)COC(=O)c1ccc(Sc2ncn[nH]2)c([N+](=O)[O-])c1. The van der Waals surface area contributed by atoms with Crippen LogP contribution in [-0.4, -0.2) is 56.6 Å². The van der Waals surface area contributed by atoms with Crippen molar-refractivity contribution in [1.82, 2.24) is 20.1 Å². The molecule has 2 aromatic rings. The lowest BCUT2D eigenvalue weighted by Crippen LogP contribution is -2.35. The minimum atomic E-state index is -0.843. The molecular formula is C17H17N5O5S. The van der Waals surface area contributed by atoms with Gasteiger partial charge in [-0.05, 0) is 23.9 Å². The number of amides is 1. The molecule has 1 aromatic heterocycles. The van der Waals surface area contributed by atoms with Crippen molar-refractivity contribution in [2.24, 2.45) is 0 Å². The van der Waals surface area contributed by atoms with E-state index in [0.29, 0.717) is 5.16 Å². The average Bonchev–Trinajstić information content (AvgIpc) is 3.18. The number of carbonyl (C=O) groups excluding carboxylic acids is 2. The van der Waals surface area contributed by atoms with E-state index >= 15 is 0 Å². The summed E-state index contributed by atoms with van der Waals surface area (Å²) in [5.74, 6) is -1.27. The minimum absolute atomic E-state index is 0.0413. The Morgan fingerprint density at radius 1 is 1.32 bits per heavy atom. The van der Waals surface area contributed by atoms with Gasteiger partial charge in [-0.2, -0.15) is 5.10 Å². The average molecular weight is 403 g/mol. The van der Waals surface area contributed by atoms with Gasteiger partial charge in [0.1, 0.15) is 6.33 Å². The molecule has 0 saturated carbocycles. The molecule has 146 valence electrons. The number of H-pyrrole nitrogens is 1. The predicted molar refractivity (Wildman–Crippen MR) is 101 cm³/mol. The molecule has 28 heavy (non-hydrogen) atoms. The van der Waals surface area contributed by atoms with E-state index in [0.717, 1.165) is 17.8 Å². The Morgan fingerprint density at radius 2 is 2.04 bits per heavy atom. The van der Waals surface area contributed by atoms with E-state index in [1.165, 1.54) is 35.5 Å². The maximum Gasteiger partial charge on any atom is 0.338 e.